The van der Waals surface area contributed by atoms with Crippen molar-refractivity contribution in [2.75, 3.05) is 13.2 Å². The Morgan fingerprint density at radius 1 is 1.35 bits per heavy atom. The van der Waals surface area contributed by atoms with Gasteiger partial charge in [0.15, 0.2) is 0 Å². The molecule has 0 bridgehead atoms. The first-order chi connectivity index (χ1) is 9.70. The van der Waals surface area contributed by atoms with Crippen molar-refractivity contribution in [2.24, 2.45) is 0 Å². The van der Waals surface area contributed by atoms with Crippen molar-refractivity contribution in [3.63, 3.8) is 0 Å². The molecular weight excluding hydrogens is 288 g/mol. The van der Waals surface area contributed by atoms with Gasteiger partial charge in [0.2, 0.25) is 0 Å². The van der Waals surface area contributed by atoms with Gasteiger partial charge in [-0.25, -0.2) is 4.98 Å². The molecule has 0 aliphatic carbocycles. The lowest BCUT2D eigenvalue weighted by Crippen LogP contribution is -2.10. The summed E-state index contributed by atoms with van der Waals surface area (Å²) in [5.41, 5.74) is 4.36. The van der Waals surface area contributed by atoms with Gasteiger partial charge in [0, 0.05) is 27.6 Å². The molecule has 0 aliphatic rings. The summed E-state index contributed by atoms with van der Waals surface area (Å²) in [7, 11) is 0. The van der Waals surface area contributed by atoms with Crippen LogP contribution in [0.1, 0.15) is 32.8 Å². The number of aromatic nitrogens is 1. The zero-order valence-corrected chi connectivity index (χ0v) is 14.0. The van der Waals surface area contributed by atoms with E-state index in [1.807, 2.05) is 16.8 Å². The van der Waals surface area contributed by atoms with Crippen LogP contribution < -0.4 is 5.32 Å². The Labute approximate surface area is 129 Å². The number of hydrogen-bond donors (Lipinski definition) is 1. The Morgan fingerprint density at radius 2 is 2.20 bits per heavy atom. The van der Waals surface area contributed by atoms with Crippen LogP contribution in [0.15, 0.2) is 11.6 Å². The molecule has 2 aromatic heterocycles. The highest BCUT2D eigenvalue weighted by molar-refractivity contribution is 7.12. The summed E-state index contributed by atoms with van der Waals surface area (Å²) in [6.07, 6.45) is 0.962. The number of nitrogens with zero attached hydrogens (tertiary/aromatic N) is 1. The van der Waals surface area contributed by atoms with Gasteiger partial charge in [-0.3, -0.25) is 0 Å². The average molecular weight is 310 g/mol. The largest absolute Gasteiger partial charge is 0.376 e. The predicted molar refractivity (Wildman–Crippen MR) is 86.6 cm³/mol. The molecule has 1 N–H and O–H groups in total. The molecule has 2 heterocycles. The maximum Gasteiger partial charge on any atom is 0.0797 e. The number of rotatable bonds is 8. The molecule has 0 amide bonds. The fourth-order valence-corrected chi connectivity index (χ4v) is 3.76. The molecule has 0 aliphatic heterocycles. The Bertz CT molecular complexity index is 534. The van der Waals surface area contributed by atoms with Gasteiger partial charge in [-0.1, -0.05) is 6.92 Å². The van der Waals surface area contributed by atoms with Crippen LogP contribution in [0.3, 0.4) is 0 Å². The summed E-state index contributed by atoms with van der Waals surface area (Å²) in [6.45, 7) is 9.81. The molecule has 3 nitrogen and oxygen atoms in total. The van der Waals surface area contributed by atoms with Crippen molar-refractivity contribution in [3.8, 4) is 0 Å². The van der Waals surface area contributed by atoms with E-state index < -0.39 is 0 Å². The standard InChI is InChI=1S/C15H22N2OS2/c1-4-16-8-14-7-13(12(3)20-14)9-18-6-5-15-11(2)17-10-19-15/h7,10,16H,4-6,8-9H2,1-3H3. The second-order valence-electron chi connectivity index (χ2n) is 4.74. The molecule has 5 heteroatoms. The van der Waals surface area contributed by atoms with Crippen LogP contribution in [0.2, 0.25) is 0 Å². The fraction of sp³-hybridized carbons (Fsp3) is 0.533. The third-order valence-corrected chi connectivity index (χ3v) is 5.28. The SMILES string of the molecule is CCNCc1cc(COCCc2scnc2C)c(C)s1. The summed E-state index contributed by atoms with van der Waals surface area (Å²) in [6, 6.07) is 2.26. The molecular formula is C15H22N2OS2. The van der Waals surface area contributed by atoms with Gasteiger partial charge in [0.25, 0.3) is 0 Å². The lowest BCUT2D eigenvalue weighted by molar-refractivity contribution is 0.124. The van der Waals surface area contributed by atoms with Gasteiger partial charge in [-0.2, -0.15) is 0 Å². The molecule has 20 heavy (non-hydrogen) atoms. The molecule has 0 radical (unpaired) electrons. The smallest absolute Gasteiger partial charge is 0.0797 e. The van der Waals surface area contributed by atoms with Crippen molar-refractivity contribution in [1.82, 2.24) is 10.3 Å². The summed E-state index contributed by atoms with van der Waals surface area (Å²) in [5, 5.41) is 3.36. The van der Waals surface area contributed by atoms with E-state index in [2.05, 4.69) is 37.1 Å². The van der Waals surface area contributed by atoms with Gasteiger partial charge >= 0.3 is 0 Å². The number of aryl methyl sites for hydroxylation is 2. The first kappa shape index (κ1) is 15.6. The Kier molecular flexibility index (Phi) is 6.16. The molecule has 0 saturated carbocycles. The Hall–Kier alpha value is -0.750. The van der Waals surface area contributed by atoms with Gasteiger partial charge in [0.05, 0.1) is 24.4 Å². The summed E-state index contributed by atoms with van der Waals surface area (Å²) in [4.78, 5) is 8.35. The molecule has 0 aromatic carbocycles. The van der Waals surface area contributed by atoms with E-state index >= 15 is 0 Å². The van der Waals surface area contributed by atoms with E-state index in [0.29, 0.717) is 6.61 Å². The van der Waals surface area contributed by atoms with E-state index in [9.17, 15) is 0 Å². The number of hydrogen-bond acceptors (Lipinski definition) is 5. The number of ether oxygens (including phenoxy) is 1. The van der Waals surface area contributed by atoms with E-state index in [1.54, 1.807) is 11.3 Å². The van der Waals surface area contributed by atoms with Crippen molar-refractivity contribution in [3.05, 3.63) is 37.5 Å². The Balaban J connectivity index is 1.76. The minimum atomic E-state index is 0.715. The molecule has 0 saturated heterocycles. The highest BCUT2D eigenvalue weighted by Crippen LogP contribution is 2.22. The molecule has 0 fully saturated rings. The molecule has 0 unspecified atom stereocenters. The monoisotopic (exact) mass is 310 g/mol. The number of thiophene rings is 1. The third-order valence-electron chi connectivity index (χ3n) is 3.20. The first-order valence-corrected chi connectivity index (χ1v) is 8.66. The van der Waals surface area contributed by atoms with Gasteiger partial charge < -0.3 is 10.1 Å². The van der Waals surface area contributed by atoms with Crippen molar-refractivity contribution in [2.45, 2.75) is 40.3 Å². The lowest BCUT2D eigenvalue weighted by atomic mass is 10.2. The highest BCUT2D eigenvalue weighted by atomic mass is 32.1. The van der Waals surface area contributed by atoms with Crippen LogP contribution in [-0.2, 0) is 24.3 Å². The van der Waals surface area contributed by atoms with Crippen LogP contribution in [0.4, 0.5) is 0 Å². The first-order valence-electron chi connectivity index (χ1n) is 6.96. The maximum absolute atomic E-state index is 5.81. The van der Waals surface area contributed by atoms with Crippen LogP contribution in [0.25, 0.3) is 0 Å². The van der Waals surface area contributed by atoms with Gasteiger partial charge in [-0.05, 0) is 32.0 Å². The molecule has 2 rings (SSSR count). The minimum Gasteiger partial charge on any atom is -0.376 e. The third kappa shape index (κ3) is 4.38. The molecule has 0 atom stereocenters. The van der Waals surface area contributed by atoms with Crippen molar-refractivity contribution in [1.29, 1.82) is 0 Å². The Morgan fingerprint density at radius 3 is 2.90 bits per heavy atom. The van der Waals surface area contributed by atoms with E-state index in [1.165, 1.54) is 20.2 Å². The van der Waals surface area contributed by atoms with Crippen molar-refractivity contribution < 1.29 is 4.74 Å². The van der Waals surface area contributed by atoms with Crippen LogP contribution in [-0.4, -0.2) is 18.1 Å². The average Bonchev–Trinajstić information content (AvgIpc) is 2.99. The minimum absolute atomic E-state index is 0.715. The van der Waals surface area contributed by atoms with Crippen molar-refractivity contribution >= 4 is 22.7 Å². The van der Waals surface area contributed by atoms with Gasteiger partial charge in [0.1, 0.15) is 0 Å². The maximum atomic E-state index is 5.81. The zero-order chi connectivity index (χ0) is 14.4. The van der Waals surface area contributed by atoms with Gasteiger partial charge in [-0.15, -0.1) is 22.7 Å². The highest BCUT2D eigenvalue weighted by Gasteiger charge is 2.06. The molecule has 0 spiro atoms. The lowest BCUT2D eigenvalue weighted by Gasteiger charge is -2.03. The van der Waals surface area contributed by atoms with Crippen LogP contribution >= 0.6 is 22.7 Å². The molecule has 2 aromatic rings. The summed E-state index contributed by atoms with van der Waals surface area (Å²) in [5.74, 6) is 0. The van der Waals surface area contributed by atoms with E-state index in [4.69, 9.17) is 4.74 Å². The van der Waals surface area contributed by atoms with E-state index in [-0.39, 0.29) is 0 Å². The fourth-order valence-electron chi connectivity index (χ4n) is 1.98. The zero-order valence-electron chi connectivity index (χ0n) is 12.4. The normalized spacial score (nSPS) is 11.2. The number of thiazole rings is 1. The second-order valence-corrected chi connectivity index (χ2v) is 7.02. The topological polar surface area (TPSA) is 34.1 Å². The quantitative estimate of drug-likeness (QED) is 0.755. The number of nitrogens with one attached hydrogen (secondary N) is 1. The summed E-state index contributed by atoms with van der Waals surface area (Å²) < 4.78 is 5.81. The van der Waals surface area contributed by atoms with Crippen LogP contribution in [0.5, 0.6) is 0 Å². The second kappa shape index (κ2) is 7.88. The predicted octanol–water partition coefficient (Wildman–Crippen LogP) is 3.69. The summed E-state index contributed by atoms with van der Waals surface area (Å²) >= 11 is 3.58. The van der Waals surface area contributed by atoms with E-state index in [0.717, 1.165) is 31.8 Å². The van der Waals surface area contributed by atoms with Crippen LogP contribution in [0, 0.1) is 13.8 Å². The molecule has 110 valence electrons.